The van der Waals surface area contributed by atoms with E-state index in [-0.39, 0.29) is 27.7 Å². The second kappa shape index (κ2) is 8.95. The quantitative estimate of drug-likeness (QED) is 0.588. The molecule has 0 saturated heterocycles. The van der Waals surface area contributed by atoms with Gasteiger partial charge in [-0.1, -0.05) is 48.0 Å². The monoisotopic (exact) mass is 446 g/mol. The Morgan fingerprint density at radius 2 is 1.77 bits per heavy atom. The van der Waals surface area contributed by atoms with Gasteiger partial charge in [0.05, 0.1) is 15.5 Å². The van der Waals surface area contributed by atoms with Crippen LogP contribution in [0.5, 0.6) is 0 Å². The highest BCUT2D eigenvalue weighted by Gasteiger charge is 2.23. The van der Waals surface area contributed by atoms with E-state index in [1.54, 1.807) is 6.92 Å². The molecular formula is C22H20ClFN2O3S. The highest BCUT2D eigenvalue weighted by molar-refractivity contribution is 7.89. The minimum atomic E-state index is -3.86. The molecule has 156 valence electrons. The second-order valence-corrected chi connectivity index (χ2v) is 9.25. The van der Waals surface area contributed by atoms with E-state index in [2.05, 4.69) is 5.32 Å². The Hall–Kier alpha value is -2.74. The first-order valence-corrected chi connectivity index (χ1v) is 10.9. The number of nitrogens with one attached hydrogen (secondary N) is 1. The summed E-state index contributed by atoms with van der Waals surface area (Å²) >= 11 is 6.14. The molecule has 1 amide bonds. The molecule has 0 radical (unpaired) electrons. The van der Waals surface area contributed by atoms with Crippen molar-refractivity contribution in [1.82, 2.24) is 4.31 Å². The van der Waals surface area contributed by atoms with Gasteiger partial charge in [0.2, 0.25) is 10.0 Å². The van der Waals surface area contributed by atoms with E-state index in [4.69, 9.17) is 11.6 Å². The number of benzene rings is 3. The fraction of sp³-hybridized carbons (Fsp3) is 0.136. The van der Waals surface area contributed by atoms with Crippen LogP contribution in [0, 0.1) is 12.7 Å². The first-order valence-electron chi connectivity index (χ1n) is 9.06. The van der Waals surface area contributed by atoms with Crippen molar-refractivity contribution in [2.45, 2.75) is 18.4 Å². The van der Waals surface area contributed by atoms with Gasteiger partial charge in [0.15, 0.2) is 0 Å². The van der Waals surface area contributed by atoms with Crippen molar-refractivity contribution in [3.8, 4) is 0 Å². The molecule has 0 unspecified atom stereocenters. The Bertz CT molecular complexity index is 1180. The summed E-state index contributed by atoms with van der Waals surface area (Å²) < 4.78 is 40.7. The van der Waals surface area contributed by atoms with Gasteiger partial charge in [0, 0.05) is 19.3 Å². The lowest BCUT2D eigenvalue weighted by atomic mass is 10.1. The number of rotatable bonds is 6. The Balaban J connectivity index is 1.88. The largest absolute Gasteiger partial charge is 0.322 e. The molecule has 0 aliphatic carbocycles. The lowest BCUT2D eigenvalue weighted by molar-refractivity contribution is 0.102. The molecule has 0 heterocycles. The molecule has 0 fully saturated rings. The predicted molar refractivity (Wildman–Crippen MR) is 116 cm³/mol. The number of carbonyl (C=O) groups excluding carboxylic acids is 1. The van der Waals surface area contributed by atoms with E-state index in [0.717, 1.165) is 5.56 Å². The molecule has 0 aliphatic rings. The number of carbonyl (C=O) groups is 1. The van der Waals surface area contributed by atoms with Crippen LogP contribution in [0.4, 0.5) is 10.1 Å². The topological polar surface area (TPSA) is 66.5 Å². The minimum absolute atomic E-state index is 0.0190. The molecular weight excluding hydrogens is 427 g/mol. The Kier molecular flexibility index (Phi) is 6.55. The van der Waals surface area contributed by atoms with Gasteiger partial charge in [-0.05, 0) is 48.4 Å². The second-order valence-electron chi connectivity index (χ2n) is 6.80. The van der Waals surface area contributed by atoms with Crippen LogP contribution in [0.15, 0.2) is 71.6 Å². The van der Waals surface area contributed by atoms with E-state index in [1.807, 2.05) is 30.3 Å². The van der Waals surface area contributed by atoms with Crippen molar-refractivity contribution in [1.29, 1.82) is 0 Å². The fourth-order valence-corrected chi connectivity index (χ4v) is 4.25. The van der Waals surface area contributed by atoms with Crippen LogP contribution < -0.4 is 5.32 Å². The van der Waals surface area contributed by atoms with Crippen LogP contribution in [0.25, 0.3) is 0 Å². The summed E-state index contributed by atoms with van der Waals surface area (Å²) in [5.41, 5.74) is 1.75. The maximum Gasteiger partial charge on any atom is 0.257 e. The average molecular weight is 447 g/mol. The van der Waals surface area contributed by atoms with Gasteiger partial charge in [-0.2, -0.15) is 4.31 Å². The lowest BCUT2D eigenvalue weighted by Crippen LogP contribution is -2.27. The van der Waals surface area contributed by atoms with Gasteiger partial charge in [-0.25, -0.2) is 12.8 Å². The first-order chi connectivity index (χ1) is 14.2. The third-order valence-corrected chi connectivity index (χ3v) is 6.72. The SMILES string of the molecule is Cc1ccc(F)cc1NC(=O)c1cc(S(=O)(=O)N(C)Cc2ccccc2)ccc1Cl. The summed E-state index contributed by atoms with van der Waals surface area (Å²) in [6.07, 6.45) is 0. The maximum absolute atomic E-state index is 13.5. The van der Waals surface area contributed by atoms with Gasteiger partial charge < -0.3 is 5.32 Å². The Morgan fingerprint density at radius 3 is 2.47 bits per heavy atom. The van der Waals surface area contributed by atoms with Crippen molar-refractivity contribution >= 4 is 33.2 Å². The number of amides is 1. The highest BCUT2D eigenvalue weighted by atomic mass is 35.5. The first kappa shape index (κ1) is 22.0. The summed E-state index contributed by atoms with van der Waals surface area (Å²) in [7, 11) is -2.40. The van der Waals surface area contributed by atoms with Crippen LogP contribution in [0.2, 0.25) is 5.02 Å². The zero-order valence-corrected chi connectivity index (χ0v) is 18.0. The van der Waals surface area contributed by atoms with Crippen LogP contribution in [-0.4, -0.2) is 25.7 Å². The predicted octanol–water partition coefficient (Wildman–Crippen LogP) is 4.86. The van der Waals surface area contributed by atoms with Crippen LogP contribution in [0.3, 0.4) is 0 Å². The highest BCUT2D eigenvalue weighted by Crippen LogP contribution is 2.25. The third-order valence-electron chi connectivity index (χ3n) is 4.59. The molecule has 0 saturated carbocycles. The number of hydrogen-bond acceptors (Lipinski definition) is 3. The lowest BCUT2D eigenvalue weighted by Gasteiger charge is -2.18. The van der Waals surface area contributed by atoms with Gasteiger partial charge in [0.25, 0.3) is 5.91 Å². The smallest absolute Gasteiger partial charge is 0.257 e. The molecule has 0 bridgehead atoms. The van der Waals surface area contributed by atoms with Crippen molar-refractivity contribution in [2.24, 2.45) is 0 Å². The summed E-state index contributed by atoms with van der Waals surface area (Å²) in [5.74, 6) is -1.13. The van der Waals surface area contributed by atoms with E-state index in [9.17, 15) is 17.6 Å². The van der Waals surface area contributed by atoms with Crippen molar-refractivity contribution < 1.29 is 17.6 Å². The van der Waals surface area contributed by atoms with Crippen molar-refractivity contribution in [3.05, 3.63) is 94.3 Å². The number of nitrogens with zero attached hydrogens (tertiary/aromatic N) is 1. The minimum Gasteiger partial charge on any atom is -0.322 e. The molecule has 8 heteroatoms. The summed E-state index contributed by atoms with van der Waals surface area (Å²) in [6.45, 7) is 1.89. The number of anilines is 1. The van der Waals surface area contributed by atoms with E-state index >= 15 is 0 Å². The van der Waals surface area contributed by atoms with Crippen LogP contribution in [-0.2, 0) is 16.6 Å². The molecule has 5 nitrogen and oxygen atoms in total. The summed E-state index contributed by atoms with van der Waals surface area (Å²) in [5, 5.41) is 2.67. The zero-order valence-electron chi connectivity index (χ0n) is 16.4. The number of aryl methyl sites for hydroxylation is 1. The molecule has 0 aliphatic heterocycles. The third kappa shape index (κ3) is 4.87. The van der Waals surface area contributed by atoms with Crippen molar-refractivity contribution in [3.63, 3.8) is 0 Å². The molecule has 30 heavy (non-hydrogen) atoms. The summed E-state index contributed by atoms with van der Waals surface area (Å²) in [4.78, 5) is 12.6. The number of hydrogen-bond donors (Lipinski definition) is 1. The van der Waals surface area contributed by atoms with Gasteiger partial charge in [0.1, 0.15) is 5.82 Å². The van der Waals surface area contributed by atoms with E-state index in [1.165, 1.54) is 47.8 Å². The van der Waals surface area contributed by atoms with Gasteiger partial charge in [-0.15, -0.1) is 0 Å². The molecule has 3 aromatic rings. The number of halogens is 2. The van der Waals surface area contributed by atoms with Gasteiger partial charge >= 0.3 is 0 Å². The fourth-order valence-electron chi connectivity index (χ4n) is 2.86. The van der Waals surface area contributed by atoms with E-state index < -0.39 is 21.7 Å². The van der Waals surface area contributed by atoms with Gasteiger partial charge in [-0.3, -0.25) is 4.79 Å². The standard InChI is InChI=1S/C22H20ClFN2O3S/c1-15-8-9-17(24)12-21(15)25-22(27)19-13-18(10-11-20(19)23)30(28,29)26(2)14-16-6-4-3-5-7-16/h3-13H,14H2,1-2H3,(H,25,27). The molecule has 1 N–H and O–H groups in total. The maximum atomic E-state index is 13.5. The average Bonchev–Trinajstić information content (AvgIpc) is 2.71. The summed E-state index contributed by atoms with van der Waals surface area (Å²) in [6, 6.07) is 17.1. The van der Waals surface area contributed by atoms with Crippen molar-refractivity contribution in [2.75, 3.05) is 12.4 Å². The normalized spacial score (nSPS) is 11.5. The van der Waals surface area contributed by atoms with E-state index in [0.29, 0.717) is 5.56 Å². The Morgan fingerprint density at radius 1 is 1.07 bits per heavy atom. The number of sulfonamides is 1. The van der Waals surface area contributed by atoms with Crippen LogP contribution in [0.1, 0.15) is 21.5 Å². The zero-order chi connectivity index (χ0) is 21.9. The Labute approximate surface area is 180 Å². The molecule has 0 atom stereocenters. The molecule has 0 aromatic heterocycles. The molecule has 3 aromatic carbocycles. The van der Waals surface area contributed by atoms with Crippen LogP contribution >= 0.6 is 11.6 Å². The molecule has 3 rings (SSSR count). The molecule has 0 spiro atoms.